The Morgan fingerprint density at radius 3 is 2.31 bits per heavy atom. The minimum Gasteiger partial charge on any atom is -0.506 e. The van der Waals surface area contributed by atoms with Crippen molar-refractivity contribution in [3.8, 4) is 16.9 Å². The molecule has 0 aliphatic heterocycles. The maximum Gasteiger partial charge on any atom is 0.409 e. The third-order valence-electron chi connectivity index (χ3n) is 7.90. The van der Waals surface area contributed by atoms with E-state index in [0.29, 0.717) is 42.4 Å². The van der Waals surface area contributed by atoms with Crippen molar-refractivity contribution in [2.75, 3.05) is 23.8 Å². The van der Waals surface area contributed by atoms with Gasteiger partial charge in [0.2, 0.25) is 11.5 Å². The number of nitrogens with one attached hydrogen (secondary N) is 3. The highest BCUT2D eigenvalue weighted by molar-refractivity contribution is 5.93. The lowest BCUT2D eigenvalue weighted by Crippen LogP contribution is -2.26. The summed E-state index contributed by atoms with van der Waals surface area (Å²) in [5, 5.41) is 36.5. The number of aromatic amines is 1. The zero-order valence-electron chi connectivity index (χ0n) is 26.2. The van der Waals surface area contributed by atoms with Crippen molar-refractivity contribution in [2.24, 2.45) is 0 Å². The molecule has 1 atom stereocenters. The summed E-state index contributed by atoms with van der Waals surface area (Å²) in [5.41, 5.74) is 5.44. The van der Waals surface area contributed by atoms with Crippen molar-refractivity contribution < 1.29 is 24.9 Å². The van der Waals surface area contributed by atoms with Gasteiger partial charge in [-0.1, -0.05) is 60.7 Å². The first kappa shape index (κ1) is 37.6. The molecule has 1 aromatic heterocycles. The van der Waals surface area contributed by atoms with Crippen LogP contribution in [0.4, 0.5) is 16.2 Å². The zero-order valence-corrected chi connectivity index (χ0v) is 27.8. The van der Waals surface area contributed by atoms with E-state index < -0.39 is 12.2 Å². The van der Waals surface area contributed by atoms with Crippen LogP contribution in [0.1, 0.15) is 35.6 Å². The highest BCUT2D eigenvalue weighted by atomic mass is 35.5. The fraction of sp³-hybridized carbons (Fsp3) is 0.194. The Morgan fingerprint density at radius 2 is 1.60 bits per heavy atom. The van der Waals surface area contributed by atoms with Gasteiger partial charge in [0.15, 0.2) is 0 Å². The second kappa shape index (κ2) is 17.3. The summed E-state index contributed by atoms with van der Waals surface area (Å²) in [7, 11) is 1.74. The number of halogens is 2. The molecule has 0 radical (unpaired) electrons. The average Bonchev–Trinajstić information content (AvgIpc) is 3.05. The monoisotopic (exact) mass is 692 g/mol. The van der Waals surface area contributed by atoms with E-state index in [0.717, 1.165) is 27.9 Å². The number of carboxylic acid groups (broad SMARTS) is 1. The number of amides is 2. The van der Waals surface area contributed by atoms with E-state index in [4.69, 9.17) is 0 Å². The molecule has 0 saturated carbocycles. The molecule has 252 valence electrons. The molecule has 0 bridgehead atoms. The van der Waals surface area contributed by atoms with Crippen LogP contribution in [0.25, 0.3) is 22.0 Å². The van der Waals surface area contributed by atoms with Gasteiger partial charge >= 0.3 is 6.09 Å². The van der Waals surface area contributed by atoms with Crippen molar-refractivity contribution in [1.82, 2.24) is 10.3 Å². The number of H-pyrrole nitrogens is 1. The molecular formula is C36H38Cl2N4O6. The van der Waals surface area contributed by atoms with Crippen LogP contribution in [0.3, 0.4) is 0 Å². The maximum absolute atomic E-state index is 12.9. The number of aromatic hydroxyl groups is 1. The van der Waals surface area contributed by atoms with Gasteiger partial charge in [-0.05, 0) is 65.4 Å². The highest BCUT2D eigenvalue weighted by Gasteiger charge is 2.15. The molecule has 4 aromatic carbocycles. The number of nitrogens with zero attached hydrogens (tertiary/aromatic N) is 1. The summed E-state index contributed by atoms with van der Waals surface area (Å²) in [6.07, 6.45) is -0.430. The molecule has 6 N–H and O–H groups in total. The van der Waals surface area contributed by atoms with Gasteiger partial charge in [0.05, 0.1) is 17.3 Å². The van der Waals surface area contributed by atoms with Crippen molar-refractivity contribution in [2.45, 2.75) is 31.9 Å². The van der Waals surface area contributed by atoms with E-state index in [1.807, 2.05) is 72.8 Å². The number of pyridine rings is 1. The van der Waals surface area contributed by atoms with E-state index in [-0.39, 0.29) is 54.1 Å². The standard InChI is InChI=1S/C36H36N4O6.2ClH/c1-40(34(44)9-5-6-23-12-15-27(25-7-3-2-4-8-25)30(20-23)38-36(45)46)26-13-10-24(11-14-26)21-37-22-32(42)28-16-18-31(41)35-29(28)17-19-33(43)39-35;;/h2-4,7-8,10-20,32,37-38,41-42H,5-6,9,21-22H2,1H3,(H,39,43)(H,45,46);2*1H. The number of aryl methyl sites for hydroxylation is 1. The second-order valence-corrected chi connectivity index (χ2v) is 11.1. The van der Waals surface area contributed by atoms with E-state index in [1.165, 1.54) is 12.1 Å². The number of aliphatic hydroxyl groups is 1. The molecule has 48 heavy (non-hydrogen) atoms. The molecule has 2 amide bonds. The fourth-order valence-corrected chi connectivity index (χ4v) is 5.44. The quantitative estimate of drug-likeness (QED) is 0.0856. The number of benzene rings is 4. The number of fused-ring (bicyclic) bond motifs is 1. The van der Waals surface area contributed by atoms with Crippen molar-refractivity contribution >= 4 is 59.1 Å². The average molecular weight is 694 g/mol. The Bertz CT molecular complexity index is 1900. The highest BCUT2D eigenvalue weighted by Crippen LogP contribution is 2.30. The van der Waals surface area contributed by atoms with Crippen LogP contribution in [0.5, 0.6) is 5.75 Å². The number of hydrogen-bond donors (Lipinski definition) is 6. The SMILES string of the molecule is CN(C(=O)CCCc1ccc(-c2ccccc2)c(NC(=O)O)c1)c1ccc(CNCC(O)c2ccc(O)c3[nH]c(=O)ccc23)cc1.Cl.Cl. The molecule has 1 unspecified atom stereocenters. The van der Waals surface area contributed by atoms with Crippen LogP contribution in [0.2, 0.25) is 0 Å². The maximum atomic E-state index is 12.9. The summed E-state index contributed by atoms with van der Waals surface area (Å²) in [6.45, 7) is 0.742. The van der Waals surface area contributed by atoms with Crippen molar-refractivity contribution in [3.63, 3.8) is 0 Å². The van der Waals surface area contributed by atoms with Gasteiger partial charge in [-0.2, -0.15) is 0 Å². The number of rotatable bonds is 12. The minimum atomic E-state index is -1.13. The number of phenolic OH excluding ortho intramolecular Hbond substituents is 1. The van der Waals surface area contributed by atoms with Crippen LogP contribution in [-0.4, -0.2) is 45.9 Å². The zero-order chi connectivity index (χ0) is 32.6. The summed E-state index contributed by atoms with van der Waals surface area (Å²) in [4.78, 5) is 40.2. The van der Waals surface area contributed by atoms with E-state index in [2.05, 4.69) is 15.6 Å². The van der Waals surface area contributed by atoms with Crippen LogP contribution in [-0.2, 0) is 17.8 Å². The van der Waals surface area contributed by atoms with Gasteiger partial charge in [0, 0.05) is 49.3 Å². The summed E-state index contributed by atoms with van der Waals surface area (Å²) < 4.78 is 0. The largest absolute Gasteiger partial charge is 0.506 e. The van der Waals surface area contributed by atoms with Gasteiger partial charge in [-0.15, -0.1) is 24.8 Å². The number of carbonyl (C=O) groups is 2. The van der Waals surface area contributed by atoms with Crippen LogP contribution >= 0.6 is 24.8 Å². The first-order chi connectivity index (χ1) is 22.2. The lowest BCUT2D eigenvalue weighted by molar-refractivity contribution is -0.118. The Kier molecular flexibility index (Phi) is 13.6. The number of anilines is 2. The third-order valence-corrected chi connectivity index (χ3v) is 7.90. The Balaban J connectivity index is 0.00000312. The lowest BCUT2D eigenvalue weighted by Gasteiger charge is -2.18. The predicted octanol–water partition coefficient (Wildman–Crippen LogP) is 6.64. The number of phenols is 1. The van der Waals surface area contributed by atoms with Gasteiger partial charge in [0.25, 0.3) is 0 Å². The first-order valence-electron chi connectivity index (χ1n) is 15.0. The molecule has 5 aromatic rings. The van der Waals surface area contributed by atoms with Gasteiger partial charge < -0.3 is 30.5 Å². The van der Waals surface area contributed by atoms with E-state index in [9.17, 15) is 29.7 Å². The number of carbonyl (C=O) groups excluding carboxylic acids is 1. The molecular weight excluding hydrogens is 655 g/mol. The van der Waals surface area contributed by atoms with Gasteiger partial charge in [0.1, 0.15) is 5.75 Å². The smallest absolute Gasteiger partial charge is 0.409 e. The molecule has 10 nitrogen and oxygen atoms in total. The molecule has 0 spiro atoms. The predicted molar refractivity (Wildman–Crippen MR) is 194 cm³/mol. The third kappa shape index (κ3) is 9.36. The van der Waals surface area contributed by atoms with E-state index in [1.54, 1.807) is 24.1 Å². The lowest BCUT2D eigenvalue weighted by atomic mass is 9.99. The molecule has 0 aliphatic rings. The Labute approximate surface area is 290 Å². The van der Waals surface area contributed by atoms with Gasteiger partial charge in [-0.3, -0.25) is 14.9 Å². The number of hydrogen-bond acceptors (Lipinski definition) is 6. The summed E-state index contributed by atoms with van der Waals surface area (Å²) >= 11 is 0. The molecule has 12 heteroatoms. The normalized spacial score (nSPS) is 11.2. The second-order valence-electron chi connectivity index (χ2n) is 11.1. The summed E-state index contributed by atoms with van der Waals surface area (Å²) in [5.74, 6) is -0.0839. The van der Waals surface area contributed by atoms with Crippen molar-refractivity contribution in [3.05, 3.63) is 124 Å². The molecule has 1 heterocycles. The Hall–Kier alpha value is -4.87. The number of aromatic nitrogens is 1. The molecule has 0 aliphatic carbocycles. The molecule has 5 rings (SSSR count). The number of aliphatic hydroxyl groups excluding tert-OH is 1. The van der Waals surface area contributed by atoms with Crippen LogP contribution in [0, 0.1) is 0 Å². The first-order valence-corrected chi connectivity index (χ1v) is 15.0. The van der Waals surface area contributed by atoms with Crippen molar-refractivity contribution in [1.29, 1.82) is 0 Å². The Morgan fingerprint density at radius 1 is 0.896 bits per heavy atom. The topological polar surface area (TPSA) is 155 Å². The fourth-order valence-electron chi connectivity index (χ4n) is 5.44. The van der Waals surface area contributed by atoms with Crippen LogP contribution in [0.15, 0.2) is 102 Å². The summed E-state index contributed by atoms with van der Waals surface area (Å²) in [6, 6.07) is 28.9. The van der Waals surface area contributed by atoms with Gasteiger partial charge in [-0.25, -0.2) is 4.79 Å². The molecule has 0 saturated heterocycles. The van der Waals surface area contributed by atoms with Crippen LogP contribution < -0.4 is 21.1 Å². The molecule has 0 fully saturated rings. The van der Waals surface area contributed by atoms with E-state index >= 15 is 0 Å². The minimum absolute atomic E-state index is 0.